The molecular formula is C15H21N3O. The maximum Gasteiger partial charge on any atom is 0.220 e. The van der Waals surface area contributed by atoms with E-state index < -0.39 is 0 Å². The van der Waals surface area contributed by atoms with Gasteiger partial charge in [-0.2, -0.15) is 0 Å². The minimum absolute atomic E-state index is 0.0774. The Morgan fingerprint density at radius 2 is 1.84 bits per heavy atom. The van der Waals surface area contributed by atoms with Crippen molar-refractivity contribution >= 4 is 5.91 Å². The summed E-state index contributed by atoms with van der Waals surface area (Å²) in [6, 6.07) is 4.77. The van der Waals surface area contributed by atoms with E-state index in [1.54, 1.807) is 0 Å². The second-order valence-electron chi connectivity index (χ2n) is 5.78. The largest absolute Gasteiger partial charge is 0.369 e. The Labute approximate surface area is 114 Å². The lowest BCUT2D eigenvalue weighted by molar-refractivity contribution is -0.123. The molecule has 1 atom stereocenters. The van der Waals surface area contributed by atoms with Gasteiger partial charge < -0.3 is 5.73 Å². The molecule has 2 aliphatic rings. The Bertz CT molecular complexity index is 436. The summed E-state index contributed by atoms with van der Waals surface area (Å²) in [6.45, 7) is 1.97. The highest BCUT2D eigenvalue weighted by molar-refractivity contribution is 5.76. The number of nitrogens with two attached hydrogens (primary N) is 1. The van der Waals surface area contributed by atoms with Crippen LogP contribution >= 0.6 is 0 Å². The molecule has 1 aliphatic heterocycles. The first kappa shape index (κ1) is 12.6. The first-order valence-electron chi connectivity index (χ1n) is 7.19. The van der Waals surface area contributed by atoms with Gasteiger partial charge >= 0.3 is 0 Å². The quantitative estimate of drug-likeness (QED) is 0.896. The van der Waals surface area contributed by atoms with E-state index in [9.17, 15) is 4.79 Å². The predicted molar refractivity (Wildman–Crippen MR) is 73.2 cm³/mol. The number of likely N-dealkylation sites (tertiary alicyclic amines) is 1. The van der Waals surface area contributed by atoms with Crippen LogP contribution in [0.1, 0.15) is 37.3 Å². The monoisotopic (exact) mass is 259 g/mol. The maximum absolute atomic E-state index is 11.2. The van der Waals surface area contributed by atoms with E-state index in [1.807, 2.05) is 12.4 Å². The number of carbonyl (C=O) groups is 1. The summed E-state index contributed by atoms with van der Waals surface area (Å²) >= 11 is 0. The van der Waals surface area contributed by atoms with Crippen molar-refractivity contribution in [2.75, 3.05) is 13.1 Å². The highest BCUT2D eigenvalue weighted by Crippen LogP contribution is 2.45. The normalized spacial score (nSPS) is 23.2. The van der Waals surface area contributed by atoms with Crippen LogP contribution in [-0.2, 0) is 4.79 Å². The van der Waals surface area contributed by atoms with E-state index in [0.29, 0.717) is 6.04 Å². The Kier molecular flexibility index (Phi) is 3.51. The van der Waals surface area contributed by atoms with Gasteiger partial charge in [0.05, 0.1) is 0 Å². The Morgan fingerprint density at radius 3 is 2.37 bits per heavy atom. The van der Waals surface area contributed by atoms with E-state index in [2.05, 4.69) is 22.0 Å². The van der Waals surface area contributed by atoms with Crippen molar-refractivity contribution in [2.24, 2.45) is 17.6 Å². The molecule has 1 aromatic heterocycles. The van der Waals surface area contributed by atoms with Crippen molar-refractivity contribution in [1.82, 2.24) is 9.88 Å². The average Bonchev–Trinajstić information content (AvgIpc) is 3.25. The van der Waals surface area contributed by atoms with Gasteiger partial charge in [-0.05, 0) is 62.4 Å². The van der Waals surface area contributed by atoms with Gasteiger partial charge in [0.2, 0.25) is 5.91 Å². The summed E-state index contributed by atoms with van der Waals surface area (Å²) in [6.07, 6.45) is 8.21. The second kappa shape index (κ2) is 5.29. The lowest BCUT2D eigenvalue weighted by Crippen LogP contribution is -2.41. The van der Waals surface area contributed by atoms with Crippen molar-refractivity contribution in [3.05, 3.63) is 30.1 Å². The Hall–Kier alpha value is -1.42. The van der Waals surface area contributed by atoms with Crippen LogP contribution in [0.25, 0.3) is 0 Å². The number of hydrogen-bond acceptors (Lipinski definition) is 3. The van der Waals surface area contributed by atoms with E-state index in [0.717, 1.165) is 31.8 Å². The second-order valence-corrected chi connectivity index (χ2v) is 5.78. The van der Waals surface area contributed by atoms with E-state index in [1.165, 1.54) is 18.4 Å². The highest BCUT2D eigenvalue weighted by Gasteiger charge is 2.38. The molecule has 4 nitrogen and oxygen atoms in total. The molecule has 0 radical (unpaired) electrons. The molecule has 1 saturated heterocycles. The minimum atomic E-state index is -0.133. The van der Waals surface area contributed by atoms with Crippen LogP contribution in [0.15, 0.2) is 24.5 Å². The number of nitrogens with zero attached hydrogens (tertiary/aromatic N) is 2. The van der Waals surface area contributed by atoms with Gasteiger partial charge in [0.15, 0.2) is 0 Å². The van der Waals surface area contributed by atoms with Gasteiger partial charge in [-0.25, -0.2) is 0 Å². The third-order valence-corrected chi connectivity index (χ3v) is 4.44. The molecule has 2 N–H and O–H groups in total. The SMILES string of the molecule is NC(=O)C1CCN(C(c2ccncc2)C2CC2)CC1. The number of pyridine rings is 1. The van der Waals surface area contributed by atoms with Crippen molar-refractivity contribution in [3.63, 3.8) is 0 Å². The summed E-state index contributed by atoms with van der Waals surface area (Å²) in [5.41, 5.74) is 6.78. The van der Waals surface area contributed by atoms with Crippen LogP contribution in [0, 0.1) is 11.8 Å². The fourth-order valence-electron chi connectivity index (χ4n) is 3.22. The molecule has 2 fully saturated rings. The van der Waals surface area contributed by atoms with Crippen molar-refractivity contribution in [2.45, 2.75) is 31.7 Å². The molecule has 1 saturated carbocycles. The summed E-state index contributed by atoms with van der Waals surface area (Å²) < 4.78 is 0. The fourth-order valence-corrected chi connectivity index (χ4v) is 3.22. The van der Waals surface area contributed by atoms with E-state index in [4.69, 9.17) is 5.73 Å². The predicted octanol–water partition coefficient (Wildman–Crippen LogP) is 1.73. The molecular weight excluding hydrogens is 238 g/mol. The van der Waals surface area contributed by atoms with Gasteiger partial charge in [0.25, 0.3) is 0 Å². The van der Waals surface area contributed by atoms with Crippen LogP contribution in [0.5, 0.6) is 0 Å². The third-order valence-electron chi connectivity index (χ3n) is 4.44. The Balaban J connectivity index is 1.71. The molecule has 19 heavy (non-hydrogen) atoms. The molecule has 102 valence electrons. The topological polar surface area (TPSA) is 59.2 Å². The molecule has 1 aliphatic carbocycles. The van der Waals surface area contributed by atoms with E-state index >= 15 is 0 Å². The number of amides is 1. The Morgan fingerprint density at radius 1 is 1.21 bits per heavy atom. The lowest BCUT2D eigenvalue weighted by atomic mass is 9.92. The first-order valence-corrected chi connectivity index (χ1v) is 7.19. The molecule has 3 rings (SSSR count). The molecule has 4 heteroatoms. The maximum atomic E-state index is 11.2. The van der Waals surface area contributed by atoms with Gasteiger partial charge in [0.1, 0.15) is 0 Å². The summed E-state index contributed by atoms with van der Waals surface area (Å²) in [5, 5.41) is 0. The van der Waals surface area contributed by atoms with E-state index in [-0.39, 0.29) is 11.8 Å². The van der Waals surface area contributed by atoms with Crippen LogP contribution in [0.2, 0.25) is 0 Å². The van der Waals surface area contributed by atoms with Gasteiger partial charge in [-0.15, -0.1) is 0 Å². The number of aromatic nitrogens is 1. The van der Waals surface area contributed by atoms with Gasteiger partial charge in [-0.1, -0.05) is 0 Å². The first-order chi connectivity index (χ1) is 9.25. The lowest BCUT2D eigenvalue weighted by Gasteiger charge is -2.37. The molecule has 1 unspecified atom stereocenters. The minimum Gasteiger partial charge on any atom is -0.369 e. The van der Waals surface area contributed by atoms with Gasteiger partial charge in [0, 0.05) is 24.4 Å². The van der Waals surface area contributed by atoms with Crippen LogP contribution in [0.4, 0.5) is 0 Å². The third kappa shape index (κ3) is 2.78. The number of carbonyl (C=O) groups excluding carboxylic acids is 1. The molecule has 1 amide bonds. The standard InChI is InChI=1S/C15H21N3O/c16-15(19)13-5-9-18(10-6-13)14(11-1-2-11)12-3-7-17-8-4-12/h3-4,7-8,11,13-14H,1-2,5-6,9-10H2,(H2,16,19). The van der Waals surface area contributed by atoms with Crippen LogP contribution < -0.4 is 5.73 Å². The fraction of sp³-hybridized carbons (Fsp3) is 0.600. The summed E-state index contributed by atoms with van der Waals surface area (Å²) in [7, 11) is 0. The zero-order valence-corrected chi connectivity index (χ0v) is 11.2. The molecule has 0 aromatic carbocycles. The highest BCUT2D eigenvalue weighted by atomic mass is 16.1. The zero-order chi connectivity index (χ0) is 13.2. The van der Waals surface area contributed by atoms with Crippen LogP contribution in [-0.4, -0.2) is 28.9 Å². The van der Waals surface area contributed by atoms with Crippen molar-refractivity contribution in [3.8, 4) is 0 Å². The van der Waals surface area contributed by atoms with Crippen molar-refractivity contribution < 1.29 is 4.79 Å². The summed E-state index contributed by atoms with van der Waals surface area (Å²) in [5.74, 6) is 0.729. The zero-order valence-electron chi connectivity index (χ0n) is 11.2. The van der Waals surface area contributed by atoms with Crippen molar-refractivity contribution in [1.29, 1.82) is 0 Å². The number of piperidine rings is 1. The molecule has 0 bridgehead atoms. The molecule has 2 heterocycles. The number of rotatable bonds is 4. The average molecular weight is 259 g/mol. The summed E-state index contributed by atoms with van der Waals surface area (Å²) in [4.78, 5) is 17.9. The number of hydrogen-bond donors (Lipinski definition) is 1. The number of primary amides is 1. The van der Waals surface area contributed by atoms with Gasteiger partial charge in [-0.3, -0.25) is 14.7 Å². The molecule has 1 aromatic rings. The smallest absolute Gasteiger partial charge is 0.220 e. The molecule has 0 spiro atoms. The van der Waals surface area contributed by atoms with Crippen LogP contribution in [0.3, 0.4) is 0 Å².